The molecule has 0 unspecified atom stereocenters. The lowest BCUT2D eigenvalue weighted by Gasteiger charge is -2.37. The van der Waals surface area contributed by atoms with Gasteiger partial charge in [-0.05, 0) is 51.8 Å². The normalized spacial score (nSPS) is 22.5. The molecule has 4 heteroatoms. The summed E-state index contributed by atoms with van der Waals surface area (Å²) < 4.78 is 1.86. The molecule has 0 spiro atoms. The first-order chi connectivity index (χ1) is 9.62. The first-order valence-corrected chi connectivity index (χ1v) is 7.90. The minimum absolute atomic E-state index is 0.158. The van der Waals surface area contributed by atoms with Crippen molar-refractivity contribution >= 4 is 5.78 Å². The molecule has 1 saturated carbocycles. The molecule has 2 heterocycles. The van der Waals surface area contributed by atoms with E-state index in [9.17, 15) is 4.79 Å². The SMILES string of the molecule is Cc1cc(CC(=O)C2(N3CCCC3)CCCC2)n(C)n1. The second-order valence-electron chi connectivity index (χ2n) is 6.43. The fraction of sp³-hybridized carbons (Fsp3) is 0.750. The van der Waals surface area contributed by atoms with Crippen LogP contribution in [-0.2, 0) is 18.3 Å². The zero-order valence-corrected chi connectivity index (χ0v) is 12.7. The minimum atomic E-state index is -0.158. The highest BCUT2D eigenvalue weighted by Gasteiger charge is 2.46. The third-order valence-corrected chi connectivity index (χ3v) is 5.10. The number of rotatable bonds is 4. The molecule has 3 rings (SSSR count). The van der Waals surface area contributed by atoms with E-state index < -0.39 is 0 Å². The van der Waals surface area contributed by atoms with Gasteiger partial charge in [-0.3, -0.25) is 14.4 Å². The van der Waals surface area contributed by atoms with E-state index in [2.05, 4.69) is 10.00 Å². The summed E-state index contributed by atoms with van der Waals surface area (Å²) in [5.74, 6) is 0.417. The second-order valence-corrected chi connectivity index (χ2v) is 6.43. The Morgan fingerprint density at radius 2 is 1.90 bits per heavy atom. The summed E-state index contributed by atoms with van der Waals surface area (Å²) in [4.78, 5) is 15.5. The highest BCUT2D eigenvalue weighted by molar-refractivity contribution is 5.90. The van der Waals surface area contributed by atoms with E-state index in [0.29, 0.717) is 12.2 Å². The number of ketones is 1. The molecular formula is C16H25N3O. The number of aromatic nitrogens is 2. The van der Waals surface area contributed by atoms with Crippen LogP contribution < -0.4 is 0 Å². The Balaban J connectivity index is 1.81. The van der Waals surface area contributed by atoms with Crippen molar-refractivity contribution in [3.8, 4) is 0 Å². The molecule has 0 N–H and O–H groups in total. The number of nitrogens with zero attached hydrogens (tertiary/aromatic N) is 3. The van der Waals surface area contributed by atoms with E-state index in [0.717, 1.165) is 37.3 Å². The van der Waals surface area contributed by atoms with Crippen LogP contribution in [0.25, 0.3) is 0 Å². The maximum atomic E-state index is 13.0. The molecule has 110 valence electrons. The molecule has 2 fully saturated rings. The quantitative estimate of drug-likeness (QED) is 0.846. The van der Waals surface area contributed by atoms with E-state index in [1.165, 1.54) is 25.7 Å². The van der Waals surface area contributed by atoms with Crippen LogP contribution in [0.1, 0.15) is 49.9 Å². The Labute approximate surface area is 121 Å². The molecular weight excluding hydrogens is 250 g/mol. The van der Waals surface area contributed by atoms with E-state index in [-0.39, 0.29) is 5.54 Å². The summed E-state index contributed by atoms with van der Waals surface area (Å²) in [7, 11) is 1.94. The van der Waals surface area contributed by atoms with Crippen molar-refractivity contribution in [1.82, 2.24) is 14.7 Å². The number of aryl methyl sites for hydroxylation is 2. The zero-order chi connectivity index (χ0) is 14.2. The first kappa shape index (κ1) is 13.8. The summed E-state index contributed by atoms with van der Waals surface area (Å²) >= 11 is 0. The number of carbonyl (C=O) groups is 1. The molecule has 20 heavy (non-hydrogen) atoms. The van der Waals surface area contributed by atoms with Crippen LogP contribution in [0.15, 0.2) is 6.07 Å². The number of likely N-dealkylation sites (tertiary alicyclic amines) is 1. The molecule has 0 bridgehead atoms. The molecule has 4 nitrogen and oxygen atoms in total. The summed E-state index contributed by atoms with van der Waals surface area (Å²) in [5, 5.41) is 4.36. The first-order valence-electron chi connectivity index (χ1n) is 7.90. The zero-order valence-electron chi connectivity index (χ0n) is 12.7. The van der Waals surface area contributed by atoms with Gasteiger partial charge >= 0.3 is 0 Å². The average Bonchev–Trinajstić information content (AvgIpc) is 3.11. The number of hydrogen-bond donors (Lipinski definition) is 0. The van der Waals surface area contributed by atoms with Gasteiger partial charge in [-0.15, -0.1) is 0 Å². The fourth-order valence-electron chi connectivity index (χ4n) is 4.04. The monoisotopic (exact) mass is 275 g/mol. The molecule has 0 radical (unpaired) electrons. The van der Waals surface area contributed by atoms with Crippen LogP contribution in [0.4, 0.5) is 0 Å². The Bertz CT molecular complexity index is 494. The molecule has 1 aromatic heterocycles. The predicted octanol–water partition coefficient (Wildman–Crippen LogP) is 2.25. The molecule has 1 aromatic rings. The van der Waals surface area contributed by atoms with Crippen molar-refractivity contribution < 1.29 is 4.79 Å². The van der Waals surface area contributed by atoms with Crippen LogP contribution >= 0.6 is 0 Å². The fourth-order valence-corrected chi connectivity index (χ4v) is 4.04. The van der Waals surface area contributed by atoms with Crippen molar-refractivity contribution in [2.45, 2.75) is 57.4 Å². The standard InChI is InChI=1S/C16H25N3O/c1-13-11-14(18(2)17-13)12-15(20)16(7-3-4-8-16)19-9-5-6-10-19/h11H,3-10,12H2,1-2H3. The van der Waals surface area contributed by atoms with Crippen LogP contribution in [0, 0.1) is 6.92 Å². The number of carbonyl (C=O) groups excluding carboxylic acids is 1. The molecule has 2 aliphatic rings. The molecule has 0 atom stereocenters. The Kier molecular flexibility index (Phi) is 3.67. The van der Waals surface area contributed by atoms with Gasteiger partial charge in [0.1, 0.15) is 0 Å². The van der Waals surface area contributed by atoms with Gasteiger partial charge in [-0.2, -0.15) is 5.10 Å². The van der Waals surface area contributed by atoms with Crippen molar-refractivity contribution in [3.05, 3.63) is 17.5 Å². The maximum Gasteiger partial charge on any atom is 0.158 e. The lowest BCUT2D eigenvalue weighted by atomic mass is 9.87. The van der Waals surface area contributed by atoms with Gasteiger partial charge in [-0.25, -0.2) is 0 Å². The van der Waals surface area contributed by atoms with E-state index >= 15 is 0 Å². The summed E-state index contributed by atoms with van der Waals surface area (Å²) in [5.41, 5.74) is 1.89. The highest BCUT2D eigenvalue weighted by Crippen LogP contribution is 2.38. The molecule has 0 amide bonds. The average molecular weight is 275 g/mol. The summed E-state index contributed by atoms with van der Waals surface area (Å²) in [6.45, 7) is 4.20. The van der Waals surface area contributed by atoms with Gasteiger partial charge < -0.3 is 0 Å². The van der Waals surface area contributed by atoms with Gasteiger partial charge in [0, 0.05) is 12.7 Å². The second kappa shape index (κ2) is 5.32. The van der Waals surface area contributed by atoms with Crippen molar-refractivity contribution in [3.63, 3.8) is 0 Å². The lowest BCUT2D eigenvalue weighted by molar-refractivity contribution is -0.130. The smallest absolute Gasteiger partial charge is 0.158 e. The van der Waals surface area contributed by atoms with Crippen molar-refractivity contribution in [1.29, 1.82) is 0 Å². The van der Waals surface area contributed by atoms with Gasteiger partial charge in [0.05, 0.1) is 17.7 Å². The van der Waals surface area contributed by atoms with Gasteiger partial charge in [0.25, 0.3) is 0 Å². The predicted molar refractivity (Wildman–Crippen MR) is 78.7 cm³/mol. The third-order valence-electron chi connectivity index (χ3n) is 5.10. The highest BCUT2D eigenvalue weighted by atomic mass is 16.1. The Morgan fingerprint density at radius 1 is 1.25 bits per heavy atom. The Morgan fingerprint density at radius 3 is 2.45 bits per heavy atom. The number of Topliss-reactive ketones (excluding diaryl/α,β-unsaturated/α-hetero) is 1. The van der Waals surface area contributed by atoms with Crippen LogP contribution in [0.2, 0.25) is 0 Å². The topological polar surface area (TPSA) is 38.1 Å². The molecule has 1 aliphatic heterocycles. The van der Waals surface area contributed by atoms with Gasteiger partial charge in [0.15, 0.2) is 5.78 Å². The minimum Gasteiger partial charge on any atom is -0.297 e. The van der Waals surface area contributed by atoms with Gasteiger partial charge in [-0.1, -0.05) is 12.8 Å². The van der Waals surface area contributed by atoms with Crippen LogP contribution in [0.3, 0.4) is 0 Å². The van der Waals surface area contributed by atoms with Crippen LogP contribution in [0.5, 0.6) is 0 Å². The molecule has 0 aromatic carbocycles. The lowest BCUT2D eigenvalue weighted by Crippen LogP contribution is -2.52. The van der Waals surface area contributed by atoms with Crippen LogP contribution in [-0.4, -0.2) is 39.1 Å². The van der Waals surface area contributed by atoms with E-state index in [1.54, 1.807) is 0 Å². The molecule has 1 aliphatic carbocycles. The summed E-state index contributed by atoms with van der Waals surface area (Å²) in [6.07, 6.45) is 7.55. The maximum absolute atomic E-state index is 13.0. The third kappa shape index (κ3) is 2.30. The van der Waals surface area contributed by atoms with Gasteiger partial charge in [0.2, 0.25) is 0 Å². The van der Waals surface area contributed by atoms with E-state index in [1.807, 2.05) is 24.7 Å². The largest absolute Gasteiger partial charge is 0.297 e. The summed E-state index contributed by atoms with van der Waals surface area (Å²) in [6, 6.07) is 2.05. The Hall–Kier alpha value is -1.16. The van der Waals surface area contributed by atoms with E-state index in [4.69, 9.17) is 0 Å². The molecule has 1 saturated heterocycles. The number of hydrogen-bond acceptors (Lipinski definition) is 3. The van der Waals surface area contributed by atoms with Crippen molar-refractivity contribution in [2.24, 2.45) is 7.05 Å². The van der Waals surface area contributed by atoms with Crippen molar-refractivity contribution in [2.75, 3.05) is 13.1 Å².